The van der Waals surface area contributed by atoms with Gasteiger partial charge in [-0.1, -0.05) is 11.6 Å². The largest absolute Gasteiger partial charge is 0.483 e. The minimum Gasteiger partial charge on any atom is -0.483 e. The molecule has 0 unspecified atom stereocenters. The maximum Gasteiger partial charge on any atom is 0.338 e. The lowest BCUT2D eigenvalue weighted by Gasteiger charge is -2.12. The Morgan fingerprint density at radius 3 is 2.48 bits per heavy atom. The summed E-state index contributed by atoms with van der Waals surface area (Å²) in [6.45, 7) is 3.71. The summed E-state index contributed by atoms with van der Waals surface area (Å²) < 4.78 is 10.4. The van der Waals surface area contributed by atoms with Gasteiger partial charge in [-0.25, -0.2) is 4.79 Å². The summed E-state index contributed by atoms with van der Waals surface area (Å²) >= 11 is 11.0. The van der Waals surface area contributed by atoms with Gasteiger partial charge in [0.05, 0.1) is 12.2 Å². The Labute approximate surface area is 167 Å². The van der Waals surface area contributed by atoms with Crippen molar-refractivity contribution < 1.29 is 19.1 Å². The second-order valence-corrected chi connectivity index (χ2v) is 6.34. The van der Waals surface area contributed by atoms with Gasteiger partial charge in [0.25, 0.3) is 5.91 Å². The number of amides is 1. The highest BCUT2D eigenvalue weighted by Gasteiger charge is 2.09. The van der Waals surface area contributed by atoms with E-state index in [0.717, 1.165) is 5.56 Å². The maximum absolute atomic E-state index is 12.0. The van der Waals surface area contributed by atoms with Crippen LogP contribution in [0.15, 0.2) is 42.5 Å². The van der Waals surface area contributed by atoms with E-state index in [1.54, 1.807) is 49.4 Å². The van der Waals surface area contributed by atoms with Gasteiger partial charge in [-0.3, -0.25) is 10.1 Å². The highest BCUT2D eigenvalue weighted by atomic mass is 35.5. The Bertz CT molecular complexity index is 840. The molecule has 0 saturated carbocycles. The topological polar surface area (TPSA) is 76.7 Å². The van der Waals surface area contributed by atoms with Crippen LogP contribution < -0.4 is 15.4 Å². The number of hydrogen-bond acceptors (Lipinski definition) is 5. The fourth-order valence-electron chi connectivity index (χ4n) is 2.15. The first kappa shape index (κ1) is 20.7. The average Bonchev–Trinajstić information content (AvgIpc) is 2.61. The van der Waals surface area contributed by atoms with E-state index in [9.17, 15) is 9.59 Å². The highest BCUT2D eigenvalue weighted by molar-refractivity contribution is 7.80. The van der Waals surface area contributed by atoms with Gasteiger partial charge in [0.1, 0.15) is 5.75 Å². The fourth-order valence-corrected chi connectivity index (χ4v) is 2.61. The van der Waals surface area contributed by atoms with Gasteiger partial charge in [0.2, 0.25) is 0 Å². The first-order valence-electron chi connectivity index (χ1n) is 8.16. The molecule has 0 aliphatic carbocycles. The number of carbonyl (C=O) groups is 2. The number of halogens is 1. The van der Waals surface area contributed by atoms with Gasteiger partial charge in [-0.2, -0.15) is 0 Å². The minimum atomic E-state index is -0.398. The van der Waals surface area contributed by atoms with Crippen LogP contribution in [0.3, 0.4) is 0 Å². The van der Waals surface area contributed by atoms with Gasteiger partial charge in [-0.15, -0.1) is 0 Å². The zero-order valence-corrected chi connectivity index (χ0v) is 16.4. The zero-order chi connectivity index (χ0) is 19.8. The summed E-state index contributed by atoms with van der Waals surface area (Å²) in [6.07, 6.45) is 0. The third kappa shape index (κ3) is 6.54. The Hall–Kier alpha value is -2.64. The molecule has 0 aliphatic rings. The van der Waals surface area contributed by atoms with Gasteiger partial charge in [0, 0.05) is 10.7 Å². The molecule has 0 atom stereocenters. The second-order valence-electron chi connectivity index (χ2n) is 5.50. The van der Waals surface area contributed by atoms with E-state index in [1.165, 1.54) is 0 Å². The van der Waals surface area contributed by atoms with Gasteiger partial charge < -0.3 is 14.8 Å². The van der Waals surface area contributed by atoms with Crippen molar-refractivity contribution in [1.82, 2.24) is 5.32 Å². The van der Waals surface area contributed by atoms with E-state index in [-0.39, 0.29) is 11.7 Å². The van der Waals surface area contributed by atoms with Crippen molar-refractivity contribution in [2.75, 3.05) is 18.5 Å². The monoisotopic (exact) mass is 406 g/mol. The minimum absolute atomic E-state index is 0.125. The molecule has 0 spiro atoms. The number of esters is 1. The zero-order valence-electron chi connectivity index (χ0n) is 14.9. The molecule has 0 heterocycles. The number of aryl methyl sites for hydroxylation is 1. The molecule has 27 heavy (non-hydrogen) atoms. The first-order chi connectivity index (χ1) is 12.9. The van der Waals surface area contributed by atoms with Crippen LogP contribution in [0.4, 0.5) is 5.69 Å². The predicted molar refractivity (Wildman–Crippen MR) is 108 cm³/mol. The standard InChI is InChI=1S/C19H19ClN2O4S/c1-3-25-18(24)13-4-7-15(8-5-13)21-19(27)22-17(23)11-26-16-9-6-14(20)10-12(16)2/h4-10H,3,11H2,1-2H3,(H2,21,22,23,27). The number of benzene rings is 2. The SMILES string of the molecule is CCOC(=O)c1ccc(NC(=S)NC(=O)COc2ccc(Cl)cc2C)cc1. The molecule has 2 aromatic rings. The number of nitrogens with one attached hydrogen (secondary N) is 2. The summed E-state index contributed by atoms with van der Waals surface area (Å²) in [4.78, 5) is 23.6. The number of carbonyl (C=O) groups excluding carboxylic acids is 2. The quantitative estimate of drug-likeness (QED) is 0.562. The van der Waals surface area contributed by atoms with Gasteiger partial charge >= 0.3 is 5.97 Å². The Kier molecular flexibility index (Phi) is 7.57. The average molecular weight is 407 g/mol. The molecule has 6 nitrogen and oxygen atoms in total. The Morgan fingerprint density at radius 1 is 1.15 bits per heavy atom. The number of hydrogen-bond donors (Lipinski definition) is 2. The van der Waals surface area contributed by atoms with E-state index in [0.29, 0.717) is 28.6 Å². The van der Waals surface area contributed by atoms with Crippen LogP contribution in [0.2, 0.25) is 5.02 Å². The summed E-state index contributed by atoms with van der Waals surface area (Å²) in [5, 5.41) is 6.11. The Balaban J connectivity index is 1.82. The molecule has 0 bridgehead atoms. The predicted octanol–water partition coefficient (Wildman–Crippen LogP) is 3.72. The van der Waals surface area contributed by atoms with E-state index >= 15 is 0 Å². The second kappa shape index (κ2) is 9.89. The molecule has 0 fully saturated rings. The molecule has 0 saturated heterocycles. The lowest BCUT2D eigenvalue weighted by atomic mass is 10.2. The van der Waals surface area contributed by atoms with Crippen LogP contribution in [0, 0.1) is 6.92 Å². The van der Waals surface area contributed by atoms with E-state index in [4.69, 9.17) is 33.3 Å². The number of anilines is 1. The first-order valence-corrected chi connectivity index (χ1v) is 8.94. The highest BCUT2D eigenvalue weighted by Crippen LogP contribution is 2.21. The molecule has 2 rings (SSSR count). The Morgan fingerprint density at radius 2 is 1.85 bits per heavy atom. The van der Waals surface area contributed by atoms with Crippen LogP contribution in [-0.4, -0.2) is 30.2 Å². The molecule has 0 aliphatic heterocycles. The summed E-state index contributed by atoms with van der Waals surface area (Å²) in [5.74, 6) is -0.220. The van der Waals surface area contributed by atoms with Crippen molar-refractivity contribution in [3.05, 3.63) is 58.6 Å². The third-order valence-corrected chi connectivity index (χ3v) is 3.84. The van der Waals surface area contributed by atoms with Crippen molar-refractivity contribution in [2.24, 2.45) is 0 Å². The van der Waals surface area contributed by atoms with E-state index in [1.807, 2.05) is 6.92 Å². The summed E-state index contributed by atoms with van der Waals surface area (Å²) in [5.41, 5.74) is 1.89. The number of thiocarbonyl (C=S) groups is 1. The smallest absolute Gasteiger partial charge is 0.338 e. The molecular weight excluding hydrogens is 388 g/mol. The normalized spacial score (nSPS) is 10.0. The van der Waals surface area contributed by atoms with E-state index in [2.05, 4.69) is 10.6 Å². The molecule has 0 radical (unpaired) electrons. The van der Waals surface area contributed by atoms with Crippen molar-refractivity contribution >= 4 is 46.5 Å². The lowest BCUT2D eigenvalue weighted by Crippen LogP contribution is -2.37. The molecule has 142 valence electrons. The number of ether oxygens (including phenoxy) is 2. The van der Waals surface area contributed by atoms with Crippen LogP contribution in [-0.2, 0) is 9.53 Å². The fraction of sp³-hybridized carbons (Fsp3) is 0.211. The lowest BCUT2D eigenvalue weighted by molar-refractivity contribution is -0.121. The summed E-state index contributed by atoms with van der Waals surface area (Å²) in [7, 11) is 0. The van der Waals surface area contributed by atoms with Gasteiger partial charge in [-0.05, 0) is 74.1 Å². The number of rotatable bonds is 6. The van der Waals surface area contributed by atoms with E-state index < -0.39 is 11.9 Å². The summed E-state index contributed by atoms with van der Waals surface area (Å²) in [6, 6.07) is 11.7. The molecule has 2 N–H and O–H groups in total. The molecule has 1 amide bonds. The third-order valence-electron chi connectivity index (χ3n) is 3.40. The van der Waals surface area contributed by atoms with Crippen LogP contribution in [0.5, 0.6) is 5.75 Å². The van der Waals surface area contributed by atoms with Gasteiger partial charge in [0.15, 0.2) is 11.7 Å². The van der Waals surface area contributed by atoms with Crippen LogP contribution in [0.1, 0.15) is 22.8 Å². The molecular formula is C19H19ClN2O4S. The van der Waals surface area contributed by atoms with Crippen LogP contribution in [0.25, 0.3) is 0 Å². The van der Waals surface area contributed by atoms with Crippen molar-refractivity contribution in [1.29, 1.82) is 0 Å². The molecule has 2 aromatic carbocycles. The molecule has 8 heteroatoms. The maximum atomic E-state index is 12.0. The van der Waals surface area contributed by atoms with Crippen molar-refractivity contribution in [3.8, 4) is 5.75 Å². The van der Waals surface area contributed by atoms with Crippen molar-refractivity contribution in [2.45, 2.75) is 13.8 Å². The van der Waals surface area contributed by atoms with Crippen molar-refractivity contribution in [3.63, 3.8) is 0 Å². The van der Waals surface area contributed by atoms with Crippen LogP contribution >= 0.6 is 23.8 Å². The molecule has 0 aromatic heterocycles.